The van der Waals surface area contributed by atoms with Gasteiger partial charge in [-0.25, -0.2) is 0 Å². The molecule has 6 heteroatoms. The van der Waals surface area contributed by atoms with Crippen LogP contribution >= 0.6 is 12.4 Å². The third-order valence-corrected chi connectivity index (χ3v) is 4.64. The van der Waals surface area contributed by atoms with Crippen LogP contribution in [0.1, 0.15) is 45.1 Å². The molecule has 1 saturated carbocycles. The zero-order chi connectivity index (χ0) is 16.4. The Kier molecular flexibility index (Phi) is 6.35. The van der Waals surface area contributed by atoms with Gasteiger partial charge in [-0.05, 0) is 39.2 Å². The van der Waals surface area contributed by atoms with Gasteiger partial charge >= 0.3 is 0 Å². The molecule has 1 aliphatic carbocycles. The molecule has 0 spiro atoms. The van der Waals surface area contributed by atoms with Crippen LogP contribution in [0.2, 0.25) is 0 Å². The topological polar surface area (TPSA) is 73.6 Å². The molecule has 134 valence electrons. The number of anilines is 1. The van der Waals surface area contributed by atoms with Gasteiger partial charge in [0.15, 0.2) is 0 Å². The summed E-state index contributed by atoms with van der Waals surface area (Å²) >= 11 is 0. The minimum atomic E-state index is -0.0127. The summed E-state index contributed by atoms with van der Waals surface area (Å²) in [5, 5.41) is 3.03. The van der Waals surface area contributed by atoms with Crippen LogP contribution in [0.4, 0.5) is 5.69 Å². The van der Waals surface area contributed by atoms with Crippen LogP contribution in [-0.2, 0) is 11.2 Å². The summed E-state index contributed by atoms with van der Waals surface area (Å²) in [5.74, 6) is 1.59. The minimum absolute atomic E-state index is 0. The van der Waals surface area contributed by atoms with Crippen molar-refractivity contribution in [3.8, 4) is 11.5 Å². The van der Waals surface area contributed by atoms with Gasteiger partial charge in [0.05, 0.1) is 12.3 Å². The first-order valence-corrected chi connectivity index (χ1v) is 8.59. The summed E-state index contributed by atoms with van der Waals surface area (Å²) in [4.78, 5) is 12.6. The van der Waals surface area contributed by atoms with Gasteiger partial charge in [-0.3, -0.25) is 4.79 Å². The maximum atomic E-state index is 12.6. The van der Waals surface area contributed by atoms with Crippen LogP contribution in [0.25, 0.3) is 0 Å². The molecule has 2 aliphatic rings. The number of rotatable bonds is 4. The Bertz CT molecular complexity index is 594. The second-order valence-corrected chi connectivity index (χ2v) is 6.63. The van der Waals surface area contributed by atoms with Gasteiger partial charge in [-0.2, -0.15) is 0 Å². The van der Waals surface area contributed by atoms with E-state index in [2.05, 4.69) is 5.32 Å². The van der Waals surface area contributed by atoms with Crippen LogP contribution < -0.4 is 20.5 Å². The average Bonchev–Trinajstić information content (AvgIpc) is 2.87. The van der Waals surface area contributed by atoms with E-state index in [1.807, 2.05) is 26.0 Å². The van der Waals surface area contributed by atoms with Gasteiger partial charge in [0.25, 0.3) is 0 Å². The Hall–Kier alpha value is -1.46. The van der Waals surface area contributed by atoms with Crippen molar-refractivity contribution in [2.45, 2.75) is 58.1 Å². The lowest BCUT2D eigenvalue weighted by Crippen LogP contribution is -2.34. The first kappa shape index (κ1) is 18.9. The molecule has 1 aromatic carbocycles. The average molecular weight is 355 g/mol. The smallest absolute Gasteiger partial charge is 0.227 e. The van der Waals surface area contributed by atoms with E-state index in [9.17, 15) is 4.79 Å². The quantitative estimate of drug-likeness (QED) is 0.870. The van der Waals surface area contributed by atoms with Crippen molar-refractivity contribution in [2.24, 2.45) is 11.7 Å². The summed E-state index contributed by atoms with van der Waals surface area (Å²) in [6.07, 6.45) is 4.74. The molecule has 1 fully saturated rings. The van der Waals surface area contributed by atoms with E-state index >= 15 is 0 Å². The number of hydrogen-bond donors (Lipinski definition) is 2. The van der Waals surface area contributed by atoms with Crippen molar-refractivity contribution in [3.05, 3.63) is 17.7 Å². The van der Waals surface area contributed by atoms with Crippen molar-refractivity contribution < 1.29 is 14.3 Å². The standard InChI is InChI=1S/C18H26N2O3.ClH/c1-3-22-17-9-13-7-11(2)23-16(13)10-15(17)20-18(21)12-5-4-6-14(19)8-12;/h9-12,14H,3-8,19H2,1-2H3,(H,20,21);1H. The Balaban J connectivity index is 0.00000208. The van der Waals surface area contributed by atoms with Crippen LogP contribution in [0.3, 0.4) is 0 Å². The van der Waals surface area contributed by atoms with Crippen LogP contribution in [0.15, 0.2) is 12.1 Å². The zero-order valence-corrected chi connectivity index (χ0v) is 15.2. The van der Waals surface area contributed by atoms with E-state index in [0.717, 1.165) is 49.2 Å². The maximum absolute atomic E-state index is 12.6. The van der Waals surface area contributed by atoms with Gasteiger partial charge in [0, 0.05) is 30.0 Å². The fourth-order valence-electron chi connectivity index (χ4n) is 3.51. The number of halogens is 1. The number of nitrogens with two attached hydrogens (primary N) is 1. The van der Waals surface area contributed by atoms with E-state index in [1.165, 1.54) is 0 Å². The van der Waals surface area contributed by atoms with E-state index in [4.69, 9.17) is 15.2 Å². The highest BCUT2D eigenvalue weighted by atomic mass is 35.5. The van der Waals surface area contributed by atoms with Crippen molar-refractivity contribution >= 4 is 24.0 Å². The molecule has 0 radical (unpaired) electrons. The molecule has 3 rings (SSSR count). The molecule has 0 saturated heterocycles. The number of ether oxygens (including phenoxy) is 2. The fraction of sp³-hybridized carbons (Fsp3) is 0.611. The lowest BCUT2D eigenvalue weighted by molar-refractivity contribution is -0.120. The Morgan fingerprint density at radius 2 is 2.21 bits per heavy atom. The lowest BCUT2D eigenvalue weighted by Gasteiger charge is -2.26. The highest BCUT2D eigenvalue weighted by Crippen LogP contribution is 2.38. The Labute approximate surface area is 149 Å². The van der Waals surface area contributed by atoms with Crippen molar-refractivity contribution in [2.75, 3.05) is 11.9 Å². The van der Waals surface area contributed by atoms with Gasteiger partial charge < -0.3 is 20.5 Å². The highest BCUT2D eigenvalue weighted by Gasteiger charge is 2.27. The van der Waals surface area contributed by atoms with Crippen molar-refractivity contribution in [1.82, 2.24) is 0 Å². The molecule has 0 bridgehead atoms. The molecular weight excluding hydrogens is 328 g/mol. The van der Waals surface area contributed by atoms with Crippen molar-refractivity contribution in [3.63, 3.8) is 0 Å². The van der Waals surface area contributed by atoms with Crippen LogP contribution in [-0.4, -0.2) is 24.7 Å². The number of fused-ring (bicyclic) bond motifs is 1. The second kappa shape index (κ2) is 8.08. The molecule has 1 aliphatic heterocycles. The molecule has 3 unspecified atom stereocenters. The van der Waals surface area contributed by atoms with E-state index < -0.39 is 0 Å². The number of nitrogens with one attached hydrogen (secondary N) is 1. The highest BCUT2D eigenvalue weighted by molar-refractivity contribution is 5.94. The van der Waals surface area contributed by atoms with Crippen LogP contribution in [0.5, 0.6) is 11.5 Å². The first-order valence-electron chi connectivity index (χ1n) is 8.59. The molecular formula is C18H27ClN2O3. The molecule has 24 heavy (non-hydrogen) atoms. The van der Waals surface area contributed by atoms with Crippen LogP contribution in [0, 0.1) is 5.92 Å². The molecule has 1 aromatic rings. The number of amides is 1. The number of carbonyl (C=O) groups is 1. The molecule has 3 N–H and O–H groups in total. The van der Waals surface area contributed by atoms with Gasteiger partial charge in [-0.15, -0.1) is 12.4 Å². The number of carbonyl (C=O) groups excluding carboxylic acids is 1. The second-order valence-electron chi connectivity index (χ2n) is 6.63. The molecule has 5 nitrogen and oxygen atoms in total. The third-order valence-electron chi connectivity index (χ3n) is 4.64. The van der Waals surface area contributed by atoms with Crippen molar-refractivity contribution in [1.29, 1.82) is 0 Å². The van der Waals surface area contributed by atoms with Gasteiger partial charge in [-0.1, -0.05) is 6.42 Å². The normalized spacial score (nSPS) is 25.2. The van der Waals surface area contributed by atoms with E-state index in [1.54, 1.807) is 0 Å². The summed E-state index contributed by atoms with van der Waals surface area (Å²) < 4.78 is 11.5. The molecule has 0 aromatic heterocycles. The minimum Gasteiger partial charge on any atom is -0.492 e. The number of benzene rings is 1. The monoisotopic (exact) mass is 354 g/mol. The zero-order valence-electron chi connectivity index (χ0n) is 14.3. The predicted octanol–water partition coefficient (Wildman–Crippen LogP) is 3.29. The molecule has 1 heterocycles. The van der Waals surface area contributed by atoms with E-state index in [-0.39, 0.29) is 36.4 Å². The predicted molar refractivity (Wildman–Crippen MR) is 97.2 cm³/mol. The van der Waals surface area contributed by atoms with Gasteiger partial charge in [0.1, 0.15) is 17.6 Å². The Morgan fingerprint density at radius 3 is 2.92 bits per heavy atom. The molecule has 3 atom stereocenters. The largest absolute Gasteiger partial charge is 0.492 e. The lowest BCUT2D eigenvalue weighted by atomic mass is 9.85. The summed E-state index contributed by atoms with van der Waals surface area (Å²) in [5.41, 5.74) is 7.83. The molecule has 1 amide bonds. The summed E-state index contributed by atoms with van der Waals surface area (Å²) in [6, 6.07) is 4.02. The van der Waals surface area contributed by atoms with E-state index in [0.29, 0.717) is 12.3 Å². The van der Waals surface area contributed by atoms with Gasteiger partial charge in [0.2, 0.25) is 5.91 Å². The maximum Gasteiger partial charge on any atom is 0.227 e. The summed E-state index contributed by atoms with van der Waals surface area (Å²) in [6.45, 7) is 4.55. The fourth-order valence-corrected chi connectivity index (χ4v) is 3.51. The number of hydrogen-bond acceptors (Lipinski definition) is 4. The first-order chi connectivity index (χ1) is 11.1. The SMILES string of the molecule is CCOc1cc2c(cc1NC(=O)C1CCCC(N)C1)OC(C)C2.Cl. The third kappa shape index (κ3) is 4.14. The Morgan fingerprint density at radius 1 is 1.42 bits per heavy atom. The summed E-state index contributed by atoms with van der Waals surface area (Å²) in [7, 11) is 0.